The maximum Gasteiger partial charge on any atom is 0.164 e. The number of benzene rings is 7. The summed E-state index contributed by atoms with van der Waals surface area (Å²) in [5.74, 6) is 1.97. The smallest absolute Gasteiger partial charge is 0.164 e. The summed E-state index contributed by atoms with van der Waals surface area (Å²) in [5, 5.41) is 3.56. The SMILES string of the molecule is c1ccc(-c2nc(-c3ccccc3)nc(-c3ccc(-c4ccc5cc(-c6ccc(-c7cccc8cccnc78)cc6)ccc5c4)cc3)n2)cc1. The molecule has 9 rings (SSSR count). The van der Waals surface area contributed by atoms with E-state index in [-0.39, 0.29) is 0 Å². The Balaban J connectivity index is 0.990. The molecule has 4 heteroatoms. The van der Waals surface area contributed by atoms with Gasteiger partial charge in [0.1, 0.15) is 0 Å². The van der Waals surface area contributed by atoms with Crippen LogP contribution in [0.15, 0.2) is 182 Å². The molecule has 9 aromatic rings. The van der Waals surface area contributed by atoms with Gasteiger partial charge < -0.3 is 0 Å². The molecule has 0 fully saturated rings. The zero-order valence-corrected chi connectivity index (χ0v) is 27.1. The molecular weight excluding hydrogens is 609 g/mol. The van der Waals surface area contributed by atoms with Gasteiger partial charge in [-0.15, -0.1) is 0 Å². The number of para-hydroxylation sites is 1. The minimum atomic E-state index is 0.650. The summed E-state index contributed by atoms with van der Waals surface area (Å²) in [7, 11) is 0. The molecule has 0 aliphatic heterocycles. The monoisotopic (exact) mass is 638 g/mol. The fourth-order valence-electron chi connectivity index (χ4n) is 6.53. The van der Waals surface area contributed by atoms with Gasteiger partial charge in [0, 0.05) is 33.8 Å². The number of aromatic nitrogens is 4. The first-order valence-corrected chi connectivity index (χ1v) is 16.7. The molecule has 0 spiro atoms. The van der Waals surface area contributed by atoms with Gasteiger partial charge in [0.15, 0.2) is 17.5 Å². The van der Waals surface area contributed by atoms with Crippen molar-refractivity contribution in [1.29, 1.82) is 0 Å². The molecule has 0 radical (unpaired) electrons. The van der Waals surface area contributed by atoms with Crippen LogP contribution in [0.2, 0.25) is 0 Å². The summed E-state index contributed by atoms with van der Waals surface area (Å²) in [5.41, 5.74) is 10.9. The van der Waals surface area contributed by atoms with Crippen molar-refractivity contribution in [1.82, 2.24) is 19.9 Å². The van der Waals surface area contributed by atoms with E-state index in [1.54, 1.807) is 0 Å². The summed E-state index contributed by atoms with van der Waals surface area (Å²) >= 11 is 0. The molecule has 2 aromatic heterocycles. The largest absolute Gasteiger partial charge is 0.256 e. The lowest BCUT2D eigenvalue weighted by atomic mass is 9.95. The minimum Gasteiger partial charge on any atom is -0.256 e. The molecule has 0 atom stereocenters. The van der Waals surface area contributed by atoms with Crippen LogP contribution in [-0.2, 0) is 0 Å². The quantitative estimate of drug-likeness (QED) is 0.182. The lowest BCUT2D eigenvalue weighted by molar-refractivity contribution is 1.07. The van der Waals surface area contributed by atoms with Gasteiger partial charge >= 0.3 is 0 Å². The Hall–Kier alpha value is -6.78. The molecule has 0 aliphatic rings. The third kappa shape index (κ3) is 5.69. The van der Waals surface area contributed by atoms with E-state index >= 15 is 0 Å². The van der Waals surface area contributed by atoms with Crippen molar-refractivity contribution in [3.8, 4) is 67.5 Å². The normalized spacial score (nSPS) is 11.2. The molecule has 0 bridgehead atoms. The molecule has 7 aromatic carbocycles. The molecular formula is C46H30N4. The number of hydrogen-bond acceptors (Lipinski definition) is 4. The number of pyridine rings is 1. The van der Waals surface area contributed by atoms with Gasteiger partial charge in [-0.1, -0.05) is 158 Å². The molecule has 0 N–H and O–H groups in total. The van der Waals surface area contributed by atoms with E-state index in [2.05, 4.69) is 114 Å². The second-order valence-corrected chi connectivity index (χ2v) is 12.4. The van der Waals surface area contributed by atoms with Crippen molar-refractivity contribution in [2.45, 2.75) is 0 Å². The average molecular weight is 639 g/mol. The molecule has 50 heavy (non-hydrogen) atoms. The Morgan fingerprint density at radius 1 is 0.280 bits per heavy atom. The molecule has 0 aliphatic carbocycles. The van der Waals surface area contributed by atoms with Crippen molar-refractivity contribution in [2.75, 3.05) is 0 Å². The number of rotatable bonds is 6. The predicted octanol–water partition coefficient (Wildman–Crippen LogP) is 11.6. The van der Waals surface area contributed by atoms with Crippen LogP contribution in [0.4, 0.5) is 0 Å². The van der Waals surface area contributed by atoms with Gasteiger partial charge in [0.05, 0.1) is 5.52 Å². The molecule has 4 nitrogen and oxygen atoms in total. The molecule has 0 amide bonds. The van der Waals surface area contributed by atoms with Gasteiger partial charge in [0.25, 0.3) is 0 Å². The summed E-state index contributed by atoms with van der Waals surface area (Å²) < 4.78 is 0. The second kappa shape index (κ2) is 12.7. The van der Waals surface area contributed by atoms with Crippen LogP contribution in [-0.4, -0.2) is 19.9 Å². The second-order valence-electron chi connectivity index (χ2n) is 12.4. The van der Waals surface area contributed by atoms with E-state index in [9.17, 15) is 0 Å². The highest BCUT2D eigenvalue weighted by Crippen LogP contribution is 2.33. The molecule has 0 unspecified atom stereocenters. The maximum atomic E-state index is 4.88. The lowest BCUT2D eigenvalue weighted by Crippen LogP contribution is -2.00. The van der Waals surface area contributed by atoms with E-state index < -0.39 is 0 Å². The van der Waals surface area contributed by atoms with E-state index in [0.717, 1.165) is 44.3 Å². The average Bonchev–Trinajstić information content (AvgIpc) is 3.21. The van der Waals surface area contributed by atoms with Crippen molar-refractivity contribution in [2.24, 2.45) is 0 Å². The number of fused-ring (bicyclic) bond motifs is 2. The van der Waals surface area contributed by atoms with Gasteiger partial charge in [-0.2, -0.15) is 0 Å². The number of nitrogens with zero attached hydrogens (tertiary/aromatic N) is 4. The summed E-state index contributed by atoms with van der Waals surface area (Å²) in [6.07, 6.45) is 1.86. The lowest BCUT2D eigenvalue weighted by Gasteiger charge is -2.10. The van der Waals surface area contributed by atoms with Gasteiger partial charge in [-0.3, -0.25) is 4.98 Å². The Morgan fingerprint density at radius 2 is 0.720 bits per heavy atom. The highest BCUT2D eigenvalue weighted by molar-refractivity contribution is 5.94. The van der Waals surface area contributed by atoms with Crippen LogP contribution in [0, 0.1) is 0 Å². The van der Waals surface area contributed by atoms with E-state index in [0.29, 0.717) is 17.5 Å². The fourth-order valence-corrected chi connectivity index (χ4v) is 6.53. The zero-order chi connectivity index (χ0) is 33.3. The van der Waals surface area contributed by atoms with Crippen LogP contribution in [0.1, 0.15) is 0 Å². The molecule has 0 saturated carbocycles. The van der Waals surface area contributed by atoms with Crippen molar-refractivity contribution >= 4 is 21.7 Å². The standard InChI is InChI=1S/C46H30N4/c1-3-9-35(10-4-1)44-48-45(36-11-5-2-6-12-36)50-46(49-44)37-22-18-32(19-23-37)39-25-27-40-29-38(24-26-41(40)30-39)31-16-20-33(21-17-31)42-15-7-13-34-14-8-28-47-43(34)42/h1-30H. The minimum absolute atomic E-state index is 0.650. The Labute approximate surface area is 290 Å². The van der Waals surface area contributed by atoms with Crippen LogP contribution in [0.25, 0.3) is 89.2 Å². The Bertz CT molecular complexity index is 2550. The van der Waals surface area contributed by atoms with Crippen LogP contribution < -0.4 is 0 Å². The van der Waals surface area contributed by atoms with Gasteiger partial charge in [0.2, 0.25) is 0 Å². The molecule has 0 saturated heterocycles. The molecule has 2 heterocycles. The Kier molecular flexibility index (Phi) is 7.45. The van der Waals surface area contributed by atoms with E-state index in [1.165, 1.54) is 27.5 Å². The van der Waals surface area contributed by atoms with E-state index in [1.807, 2.05) is 72.9 Å². The first-order valence-electron chi connectivity index (χ1n) is 16.7. The van der Waals surface area contributed by atoms with Gasteiger partial charge in [-0.05, 0) is 56.8 Å². The van der Waals surface area contributed by atoms with Crippen molar-refractivity contribution < 1.29 is 0 Å². The van der Waals surface area contributed by atoms with Crippen LogP contribution in [0.3, 0.4) is 0 Å². The van der Waals surface area contributed by atoms with Crippen LogP contribution in [0.5, 0.6) is 0 Å². The summed E-state index contributed by atoms with van der Waals surface area (Å²) in [6.45, 7) is 0. The fraction of sp³-hybridized carbons (Fsp3) is 0. The summed E-state index contributed by atoms with van der Waals surface area (Å²) in [6, 6.07) is 61.2. The topological polar surface area (TPSA) is 51.6 Å². The Morgan fingerprint density at radius 3 is 1.26 bits per heavy atom. The third-order valence-electron chi connectivity index (χ3n) is 9.18. The predicted molar refractivity (Wildman–Crippen MR) is 205 cm³/mol. The van der Waals surface area contributed by atoms with Crippen molar-refractivity contribution in [3.63, 3.8) is 0 Å². The summed E-state index contributed by atoms with van der Waals surface area (Å²) in [4.78, 5) is 19.2. The van der Waals surface area contributed by atoms with Crippen molar-refractivity contribution in [3.05, 3.63) is 182 Å². The zero-order valence-electron chi connectivity index (χ0n) is 27.1. The van der Waals surface area contributed by atoms with Crippen LogP contribution >= 0.6 is 0 Å². The highest BCUT2D eigenvalue weighted by atomic mass is 15.0. The molecule has 234 valence electrons. The highest BCUT2D eigenvalue weighted by Gasteiger charge is 2.13. The first-order chi connectivity index (χ1) is 24.7. The van der Waals surface area contributed by atoms with Gasteiger partial charge in [-0.25, -0.2) is 15.0 Å². The first kappa shape index (κ1) is 29.4. The van der Waals surface area contributed by atoms with E-state index in [4.69, 9.17) is 15.0 Å². The maximum absolute atomic E-state index is 4.88. The number of hydrogen-bond donors (Lipinski definition) is 0. The third-order valence-corrected chi connectivity index (χ3v) is 9.18.